The van der Waals surface area contributed by atoms with Crippen LogP contribution in [0, 0.1) is 5.92 Å². The van der Waals surface area contributed by atoms with Crippen LogP contribution in [0.1, 0.15) is 57.8 Å². The van der Waals surface area contributed by atoms with Crippen LogP contribution in [0.15, 0.2) is 0 Å². The van der Waals surface area contributed by atoms with Gasteiger partial charge in [0, 0.05) is 11.6 Å². The third-order valence-corrected chi connectivity index (χ3v) is 5.37. The van der Waals surface area contributed by atoms with Gasteiger partial charge in [0.2, 0.25) is 0 Å². The van der Waals surface area contributed by atoms with Crippen molar-refractivity contribution in [1.29, 1.82) is 0 Å². The van der Waals surface area contributed by atoms with Crippen molar-refractivity contribution in [1.82, 2.24) is 10.2 Å². The highest BCUT2D eigenvalue weighted by Crippen LogP contribution is 2.42. The van der Waals surface area contributed by atoms with E-state index in [9.17, 15) is 0 Å². The standard InChI is InChI=1S/C15H30N2/c1-16-14(13-9-5-4-6-10-13)15(17(2)3)11-7-8-12-15/h13-14,16H,4-12H2,1-3H3. The molecule has 0 saturated heterocycles. The van der Waals surface area contributed by atoms with Crippen LogP contribution in [0.5, 0.6) is 0 Å². The lowest BCUT2D eigenvalue weighted by atomic mass is 9.73. The van der Waals surface area contributed by atoms with E-state index < -0.39 is 0 Å². The van der Waals surface area contributed by atoms with Crippen molar-refractivity contribution in [3.05, 3.63) is 0 Å². The summed E-state index contributed by atoms with van der Waals surface area (Å²) in [5, 5.41) is 3.69. The summed E-state index contributed by atoms with van der Waals surface area (Å²) in [4.78, 5) is 2.52. The van der Waals surface area contributed by atoms with Crippen LogP contribution < -0.4 is 5.32 Å². The lowest BCUT2D eigenvalue weighted by Gasteiger charge is -2.47. The molecule has 0 amide bonds. The van der Waals surface area contributed by atoms with Gasteiger partial charge >= 0.3 is 0 Å². The average molecular weight is 238 g/mol. The fraction of sp³-hybridized carbons (Fsp3) is 1.00. The topological polar surface area (TPSA) is 15.3 Å². The zero-order valence-electron chi connectivity index (χ0n) is 12.0. The molecule has 1 atom stereocenters. The molecule has 1 N–H and O–H groups in total. The molecule has 0 spiro atoms. The molecular weight excluding hydrogens is 208 g/mol. The molecule has 2 saturated carbocycles. The van der Waals surface area contributed by atoms with Gasteiger partial charge < -0.3 is 10.2 Å². The predicted octanol–water partition coefficient (Wildman–Crippen LogP) is 3.03. The average Bonchev–Trinajstić information content (AvgIpc) is 2.82. The highest BCUT2D eigenvalue weighted by atomic mass is 15.2. The van der Waals surface area contributed by atoms with Crippen molar-refractivity contribution in [3.63, 3.8) is 0 Å². The molecule has 100 valence electrons. The Hall–Kier alpha value is -0.0800. The van der Waals surface area contributed by atoms with E-state index in [0.29, 0.717) is 11.6 Å². The summed E-state index contributed by atoms with van der Waals surface area (Å²) >= 11 is 0. The summed E-state index contributed by atoms with van der Waals surface area (Å²) in [5.74, 6) is 0.911. The number of likely N-dealkylation sites (N-methyl/N-ethyl adjacent to an activating group) is 2. The lowest BCUT2D eigenvalue weighted by molar-refractivity contribution is 0.0653. The van der Waals surface area contributed by atoms with Crippen LogP contribution in [0.2, 0.25) is 0 Å². The van der Waals surface area contributed by atoms with E-state index in [-0.39, 0.29) is 0 Å². The lowest BCUT2D eigenvalue weighted by Crippen LogP contribution is -2.60. The van der Waals surface area contributed by atoms with Gasteiger partial charge in [-0.1, -0.05) is 32.1 Å². The Kier molecular flexibility index (Phi) is 4.48. The van der Waals surface area contributed by atoms with Gasteiger partial charge in [0.25, 0.3) is 0 Å². The second-order valence-electron chi connectivity index (χ2n) is 6.37. The normalized spacial score (nSPS) is 27.5. The number of nitrogens with zero attached hydrogens (tertiary/aromatic N) is 1. The first-order valence-electron chi connectivity index (χ1n) is 7.55. The number of hydrogen-bond donors (Lipinski definition) is 1. The van der Waals surface area contributed by atoms with Gasteiger partial charge in [0.1, 0.15) is 0 Å². The Morgan fingerprint density at radius 3 is 2.06 bits per heavy atom. The summed E-state index contributed by atoms with van der Waals surface area (Å²) in [5.41, 5.74) is 0.441. The van der Waals surface area contributed by atoms with Gasteiger partial charge in [-0.3, -0.25) is 0 Å². The summed E-state index contributed by atoms with van der Waals surface area (Å²) < 4.78 is 0. The molecule has 0 aromatic carbocycles. The highest BCUT2D eigenvalue weighted by Gasteiger charge is 2.45. The van der Waals surface area contributed by atoms with Crippen LogP contribution in [0.25, 0.3) is 0 Å². The van der Waals surface area contributed by atoms with Crippen LogP contribution in [0.4, 0.5) is 0 Å². The maximum absolute atomic E-state index is 3.69. The van der Waals surface area contributed by atoms with Crippen molar-refractivity contribution in [3.8, 4) is 0 Å². The first-order valence-corrected chi connectivity index (χ1v) is 7.55. The quantitative estimate of drug-likeness (QED) is 0.810. The smallest absolute Gasteiger partial charge is 0.0359 e. The molecule has 1 unspecified atom stereocenters. The van der Waals surface area contributed by atoms with Crippen LogP contribution in [-0.4, -0.2) is 37.6 Å². The van der Waals surface area contributed by atoms with E-state index in [1.54, 1.807) is 0 Å². The van der Waals surface area contributed by atoms with E-state index in [0.717, 1.165) is 5.92 Å². The SMILES string of the molecule is CNC(C1CCCCC1)C1(N(C)C)CCCC1. The van der Waals surface area contributed by atoms with Crippen molar-refractivity contribution in [2.45, 2.75) is 69.4 Å². The first kappa shape index (κ1) is 13.4. The Labute approximate surface area is 107 Å². The molecule has 0 radical (unpaired) electrons. The van der Waals surface area contributed by atoms with Gasteiger partial charge in [-0.2, -0.15) is 0 Å². The molecule has 2 aliphatic rings. The van der Waals surface area contributed by atoms with Crippen molar-refractivity contribution in [2.75, 3.05) is 21.1 Å². The third-order valence-electron chi connectivity index (χ3n) is 5.37. The Morgan fingerprint density at radius 2 is 1.59 bits per heavy atom. The van der Waals surface area contributed by atoms with E-state index >= 15 is 0 Å². The maximum Gasteiger partial charge on any atom is 0.0359 e. The van der Waals surface area contributed by atoms with E-state index in [4.69, 9.17) is 0 Å². The Balaban J connectivity index is 2.13. The Morgan fingerprint density at radius 1 is 1.00 bits per heavy atom. The molecule has 0 bridgehead atoms. The molecule has 2 fully saturated rings. The van der Waals surface area contributed by atoms with E-state index in [1.807, 2.05) is 0 Å². The summed E-state index contributed by atoms with van der Waals surface area (Å²) in [7, 11) is 6.76. The number of nitrogens with one attached hydrogen (secondary N) is 1. The predicted molar refractivity (Wildman–Crippen MR) is 74.3 cm³/mol. The van der Waals surface area contributed by atoms with Crippen molar-refractivity contribution in [2.24, 2.45) is 5.92 Å². The van der Waals surface area contributed by atoms with Crippen LogP contribution >= 0.6 is 0 Å². The minimum Gasteiger partial charge on any atom is -0.315 e. The molecule has 2 nitrogen and oxygen atoms in total. The maximum atomic E-state index is 3.69. The van der Waals surface area contributed by atoms with Gasteiger partial charge in [-0.05, 0) is 52.7 Å². The summed E-state index contributed by atoms with van der Waals surface area (Å²) in [6, 6.07) is 0.709. The zero-order chi connectivity index (χ0) is 12.3. The fourth-order valence-electron chi connectivity index (χ4n) is 4.43. The number of rotatable bonds is 4. The van der Waals surface area contributed by atoms with Crippen molar-refractivity contribution >= 4 is 0 Å². The summed E-state index contributed by atoms with van der Waals surface area (Å²) in [6.07, 6.45) is 12.9. The summed E-state index contributed by atoms with van der Waals surface area (Å²) in [6.45, 7) is 0. The largest absolute Gasteiger partial charge is 0.315 e. The highest BCUT2D eigenvalue weighted by molar-refractivity contribution is 5.04. The van der Waals surface area contributed by atoms with Crippen LogP contribution in [-0.2, 0) is 0 Å². The molecule has 2 heteroatoms. The fourth-order valence-corrected chi connectivity index (χ4v) is 4.43. The van der Waals surface area contributed by atoms with Gasteiger partial charge in [-0.15, -0.1) is 0 Å². The molecule has 0 aromatic rings. The van der Waals surface area contributed by atoms with E-state index in [1.165, 1.54) is 57.8 Å². The second-order valence-corrected chi connectivity index (χ2v) is 6.37. The Bertz CT molecular complexity index is 225. The minimum atomic E-state index is 0.441. The molecule has 0 aromatic heterocycles. The van der Waals surface area contributed by atoms with Gasteiger partial charge in [0.05, 0.1) is 0 Å². The molecule has 0 heterocycles. The molecular formula is C15H30N2. The van der Waals surface area contributed by atoms with Gasteiger partial charge in [-0.25, -0.2) is 0 Å². The number of hydrogen-bond acceptors (Lipinski definition) is 2. The third kappa shape index (κ3) is 2.53. The minimum absolute atomic E-state index is 0.441. The van der Waals surface area contributed by atoms with E-state index in [2.05, 4.69) is 31.4 Å². The second kappa shape index (κ2) is 5.71. The first-order chi connectivity index (χ1) is 8.20. The van der Waals surface area contributed by atoms with Crippen LogP contribution in [0.3, 0.4) is 0 Å². The monoisotopic (exact) mass is 238 g/mol. The van der Waals surface area contributed by atoms with Crippen molar-refractivity contribution < 1.29 is 0 Å². The molecule has 17 heavy (non-hydrogen) atoms. The molecule has 2 rings (SSSR count). The zero-order valence-corrected chi connectivity index (χ0v) is 12.0. The molecule has 0 aliphatic heterocycles. The van der Waals surface area contributed by atoms with Gasteiger partial charge in [0.15, 0.2) is 0 Å². The molecule has 2 aliphatic carbocycles.